The Kier molecular flexibility index (Phi) is 4.16. The van der Waals surface area contributed by atoms with Crippen molar-refractivity contribution in [2.24, 2.45) is 5.73 Å². The summed E-state index contributed by atoms with van der Waals surface area (Å²) in [4.78, 5) is 12.6. The van der Waals surface area contributed by atoms with E-state index in [1.807, 2.05) is 30.3 Å². The zero-order valence-corrected chi connectivity index (χ0v) is 12.2. The van der Waals surface area contributed by atoms with Crippen LogP contribution in [0.25, 0.3) is 0 Å². The van der Waals surface area contributed by atoms with Crippen molar-refractivity contribution in [2.75, 3.05) is 6.54 Å². The highest BCUT2D eigenvalue weighted by molar-refractivity contribution is 5.88. The molecule has 0 bridgehead atoms. The van der Waals surface area contributed by atoms with Gasteiger partial charge in [0.05, 0.1) is 5.92 Å². The van der Waals surface area contributed by atoms with E-state index in [1.54, 1.807) is 0 Å². The Balaban J connectivity index is 1.76. The molecule has 2 nitrogen and oxygen atoms in total. The maximum Gasteiger partial charge on any atom is 0.145 e. The van der Waals surface area contributed by atoms with Crippen LogP contribution in [0.1, 0.15) is 34.6 Å². The van der Waals surface area contributed by atoms with Gasteiger partial charge in [-0.2, -0.15) is 0 Å². The monoisotopic (exact) mass is 279 g/mol. The van der Waals surface area contributed by atoms with Gasteiger partial charge in [-0.3, -0.25) is 4.79 Å². The molecule has 1 atom stereocenters. The molecule has 2 N–H and O–H groups in total. The van der Waals surface area contributed by atoms with Crippen LogP contribution in [-0.4, -0.2) is 12.3 Å². The van der Waals surface area contributed by atoms with Gasteiger partial charge in [0, 0.05) is 13.0 Å². The number of ketones is 1. The number of fused-ring (bicyclic) bond motifs is 1. The zero-order valence-electron chi connectivity index (χ0n) is 12.2. The molecule has 0 spiro atoms. The van der Waals surface area contributed by atoms with E-state index in [-0.39, 0.29) is 11.7 Å². The van der Waals surface area contributed by atoms with Gasteiger partial charge in [0.2, 0.25) is 0 Å². The minimum absolute atomic E-state index is 0.195. The Labute approximate surface area is 126 Å². The zero-order chi connectivity index (χ0) is 14.7. The molecule has 1 unspecified atom stereocenters. The van der Waals surface area contributed by atoms with Crippen LogP contribution in [0.15, 0.2) is 48.5 Å². The number of hydrogen-bond donors (Lipinski definition) is 1. The average Bonchev–Trinajstić information content (AvgIpc) is 2.96. The fourth-order valence-electron chi connectivity index (χ4n) is 3.20. The number of nitrogens with two attached hydrogens (primary N) is 1. The SMILES string of the molecule is NCC(C(=O)Cc1ccc2c(c1)CCC2)c1ccccc1. The van der Waals surface area contributed by atoms with Gasteiger partial charge < -0.3 is 5.73 Å². The Morgan fingerprint density at radius 2 is 1.81 bits per heavy atom. The average molecular weight is 279 g/mol. The van der Waals surface area contributed by atoms with E-state index in [0.29, 0.717) is 13.0 Å². The van der Waals surface area contributed by atoms with Crippen LogP contribution in [0.5, 0.6) is 0 Å². The second-order valence-electron chi connectivity index (χ2n) is 5.80. The maximum atomic E-state index is 12.6. The molecule has 1 aliphatic rings. The lowest BCUT2D eigenvalue weighted by atomic mass is 9.90. The van der Waals surface area contributed by atoms with Gasteiger partial charge >= 0.3 is 0 Å². The first-order valence-corrected chi connectivity index (χ1v) is 7.66. The lowest BCUT2D eigenvalue weighted by molar-refractivity contribution is -0.119. The Morgan fingerprint density at radius 1 is 1.05 bits per heavy atom. The lowest BCUT2D eigenvalue weighted by Crippen LogP contribution is -2.23. The second kappa shape index (κ2) is 6.23. The Hall–Kier alpha value is -1.93. The van der Waals surface area contributed by atoms with Gasteiger partial charge in [-0.15, -0.1) is 0 Å². The first-order valence-electron chi connectivity index (χ1n) is 7.66. The Morgan fingerprint density at radius 3 is 2.57 bits per heavy atom. The Bertz CT molecular complexity index is 633. The summed E-state index contributed by atoms with van der Waals surface area (Å²) in [6.07, 6.45) is 4.04. The van der Waals surface area contributed by atoms with Crippen molar-refractivity contribution in [1.29, 1.82) is 0 Å². The molecule has 3 rings (SSSR count). The molecule has 0 saturated carbocycles. The number of aryl methyl sites for hydroxylation is 2. The van der Waals surface area contributed by atoms with Gasteiger partial charge in [-0.05, 0) is 41.5 Å². The smallest absolute Gasteiger partial charge is 0.145 e. The third kappa shape index (κ3) is 3.06. The fraction of sp³-hybridized carbons (Fsp3) is 0.316. The van der Waals surface area contributed by atoms with Crippen LogP contribution in [0.2, 0.25) is 0 Å². The summed E-state index contributed by atoms with van der Waals surface area (Å²) < 4.78 is 0. The largest absolute Gasteiger partial charge is 0.329 e. The van der Waals surface area contributed by atoms with Crippen molar-refractivity contribution in [1.82, 2.24) is 0 Å². The molecule has 1 aliphatic carbocycles. The summed E-state index contributed by atoms with van der Waals surface area (Å²) in [7, 11) is 0. The number of benzene rings is 2. The molecular weight excluding hydrogens is 258 g/mol. The molecule has 0 radical (unpaired) electrons. The predicted molar refractivity (Wildman–Crippen MR) is 85.4 cm³/mol. The van der Waals surface area contributed by atoms with Gasteiger partial charge in [0.25, 0.3) is 0 Å². The minimum Gasteiger partial charge on any atom is -0.329 e. The first-order chi connectivity index (χ1) is 10.3. The van der Waals surface area contributed by atoms with E-state index < -0.39 is 0 Å². The summed E-state index contributed by atoms with van der Waals surface area (Å²) in [5.41, 5.74) is 10.8. The number of carbonyl (C=O) groups is 1. The fourth-order valence-corrected chi connectivity index (χ4v) is 3.20. The topological polar surface area (TPSA) is 43.1 Å². The summed E-state index contributed by atoms with van der Waals surface area (Å²) in [5, 5.41) is 0. The van der Waals surface area contributed by atoms with Crippen molar-refractivity contribution in [3.05, 3.63) is 70.8 Å². The van der Waals surface area contributed by atoms with Crippen molar-refractivity contribution >= 4 is 5.78 Å². The molecule has 2 aromatic rings. The van der Waals surface area contributed by atoms with E-state index in [0.717, 1.165) is 17.5 Å². The standard InChI is InChI=1S/C19H21NO/c20-13-18(16-5-2-1-3-6-16)19(21)12-14-9-10-15-7-4-8-17(15)11-14/h1-3,5-6,9-11,18H,4,7-8,12-13,20H2. The molecule has 108 valence electrons. The summed E-state index contributed by atoms with van der Waals surface area (Å²) in [6, 6.07) is 16.3. The molecule has 2 heteroatoms. The van der Waals surface area contributed by atoms with Crippen LogP contribution in [0, 0.1) is 0 Å². The van der Waals surface area contributed by atoms with Gasteiger partial charge in [0.15, 0.2) is 0 Å². The third-order valence-electron chi connectivity index (χ3n) is 4.37. The van der Waals surface area contributed by atoms with Crippen LogP contribution < -0.4 is 5.73 Å². The number of rotatable bonds is 5. The molecule has 0 aromatic heterocycles. The van der Waals surface area contributed by atoms with Crippen molar-refractivity contribution in [3.8, 4) is 0 Å². The second-order valence-corrected chi connectivity index (χ2v) is 5.80. The normalized spacial score (nSPS) is 14.7. The first kappa shape index (κ1) is 14.0. The van der Waals surface area contributed by atoms with E-state index >= 15 is 0 Å². The van der Waals surface area contributed by atoms with E-state index in [1.165, 1.54) is 24.0 Å². The maximum absolute atomic E-state index is 12.6. The molecule has 0 heterocycles. The van der Waals surface area contributed by atoms with E-state index in [4.69, 9.17) is 5.73 Å². The minimum atomic E-state index is -0.195. The molecule has 0 amide bonds. The number of Topliss-reactive ketones (excluding diaryl/α,β-unsaturated/α-hetero) is 1. The molecular formula is C19H21NO. The lowest BCUT2D eigenvalue weighted by Gasteiger charge is -2.14. The summed E-state index contributed by atoms with van der Waals surface area (Å²) in [5.74, 6) is 0.0149. The van der Waals surface area contributed by atoms with Crippen molar-refractivity contribution in [2.45, 2.75) is 31.6 Å². The number of hydrogen-bond acceptors (Lipinski definition) is 2. The van der Waals surface area contributed by atoms with Crippen LogP contribution in [-0.2, 0) is 24.1 Å². The summed E-state index contributed by atoms with van der Waals surface area (Å²) >= 11 is 0. The van der Waals surface area contributed by atoms with E-state index in [2.05, 4.69) is 18.2 Å². The van der Waals surface area contributed by atoms with Crippen LogP contribution >= 0.6 is 0 Å². The highest BCUT2D eigenvalue weighted by Gasteiger charge is 2.20. The van der Waals surface area contributed by atoms with Crippen molar-refractivity contribution in [3.63, 3.8) is 0 Å². The van der Waals surface area contributed by atoms with Crippen molar-refractivity contribution < 1.29 is 4.79 Å². The highest BCUT2D eigenvalue weighted by atomic mass is 16.1. The quantitative estimate of drug-likeness (QED) is 0.914. The van der Waals surface area contributed by atoms with Crippen LogP contribution in [0.4, 0.5) is 0 Å². The van der Waals surface area contributed by atoms with Gasteiger partial charge in [0.1, 0.15) is 5.78 Å². The van der Waals surface area contributed by atoms with Gasteiger partial charge in [-0.25, -0.2) is 0 Å². The third-order valence-corrected chi connectivity index (χ3v) is 4.37. The molecule has 0 aliphatic heterocycles. The van der Waals surface area contributed by atoms with Crippen LogP contribution in [0.3, 0.4) is 0 Å². The predicted octanol–water partition coefficient (Wildman–Crippen LogP) is 3.03. The molecule has 21 heavy (non-hydrogen) atoms. The molecule has 0 fully saturated rings. The number of carbonyl (C=O) groups excluding carboxylic acids is 1. The van der Waals surface area contributed by atoms with Gasteiger partial charge in [-0.1, -0.05) is 48.5 Å². The van der Waals surface area contributed by atoms with E-state index in [9.17, 15) is 4.79 Å². The molecule has 2 aromatic carbocycles. The highest BCUT2D eigenvalue weighted by Crippen LogP contribution is 2.24. The summed E-state index contributed by atoms with van der Waals surface area (Å²) in [6.45, 7) is 0.369. The molecule has 0 saturated heterocycles.